The van der Waals surface area contributed by atoms with Crippen LogP contribution in [0.4, 0.5) is 11.4 Å². The molecule has 0 saturated heterocycles. The summed E-state index contributed by atoms with van der Waals surface area (Å²) in [7, 11) is 0. The molecule has 3 rings (SSSR count). The molecule has 2 amide bonds. The monoisotopic (exact) mass is 408 g/mol. The van der Waals surface area contributed by atoms with Gasteiger partial charge in [0.15, 0.2) is 0 Å². The lowest BCUT2D eigenvalue weighted by atomic mass is 10.2. The van der Waals surface area contributed by atoms with Gasteiger partial charge in [-0.2, -0.15) is 0 Å². The van der Waals surface area contributed by atoms with Crippen molar-refractivity contribution in [3.05, 3.63) is 82.2 Å². The van der Waals surface area contributed by atoms with Gasteiger partial charge in [0.2, 0.25) is 11.8 Å². The third-order valence-electron chi connectivity index (χ3n) is 4.17. The van der Waals surface area contributed by atoms with Crippen molar-refractivity contribution in [1.82, 2.24) is 19.1 Å². The van der Waals surface area contributed by atoms with Crippen molar-refractivity contribution in [3.8, 4) is 0 Å². The van der Waals surface area contributed by atoms with Gasteiger partial charge < -0.3 is 10.6 Å². The zero-order valence-corrected chi connectivity index (χ0v) is 16.0. The second kappa shape index (κ2) is 9.92. The molecule has 0 atom stereocenters. The molecule has 1 aromatic carbocycles. The Bertz CT molecular complexity index is 1070. The Balaban J connectivity index is 1.51. The van der Waals surface area contributed by atoms with Crippen molar-refractivity contribution in [1.29, 1.82) is 0 Å². The first-order valence-electron chi connectivity index (χ1n) is 9.22. The van der Waals surface area contributed by atoms with E-state index in [-0.39, 0.29) is 48.9 Å². The average molecular weight is 408 g/mol. The summed E-state index contributed by atoms with van der Waals surface area (Å²) < 4.78 is 2.70. The Morgan fingerprint density at radius 2 is 1.23 bits per heavy atom. The smallest absolute Gasteiger partial charge is 0.253 e. The van der Waals surface area contributed by atoms with Gasteiger partial charge >= 0.3 is 0 Å². The Kier molecular flexibility index (Phi) is 6.83. The first kappa shape index (κ1) is 20.6. The molecule has 0 aliphatic carbocycles. The number of rotatable bonds is 8. The highest BCUT2D eigenvalue weighted by atomic mass is 16.2. The molecule has 0 fully saturated rings. The average Bonchev–Trinajstić information content (AvgIpc) is 2.73. The normalized spacial score (nSPS) is 10.4. The summed E-state index contributed by atoms with van der Waals surface area (Å²) in [6, 6.07) is 9.37. The summed E-state index contributed by atoms with van der Waals surface area (Å²) in [6.45, 7) is 0.422. The first-order chi connectivity index (χ1) is 14.5. The summed E-state index contributed by atoms with van der Waals surface area (Å²) in [4.78, 5) is 55.3. The number of hydrogen-bond donors (Lipinski definition) is 2. The van der Waals surface area contributed by atoms with Crippen LogP contribution >= 0.6 is 0 Å². The molecule has 0 bridgehead atoms. The Morgan fingerprint density at radius 1 is 0.767 bits per heavy atom. The topological polar surface area (TPSA) is 128 Å². The minimum Gasteiger partial charge on any atom is -0.326 e. The van der Waals surface area contributed by atoms with E-state index in [1.54, 1.807) is 24.3 Å². The van der Waals surface area contributed by atoms with Gasteiger partial charge in [-0.05, 0) is 18.2 Å². The zero-order chi connectivity index (χ0) is 21.3. The number of carbonyl (C=O) groups excluding carboxylic acids is 2. The van der Waals surface area contributed by atoms with Crippen LogP contribution in [0.1, 0.15) is 12.8 Å². The lowest BCUT2D eigenvalue weighted by molar-refractivity contribution is -0.117. The molecule has 0 saturated carbocycles. The third-order valence-corrected chi connectivity index (χ3v) is 4.17. The van der Waals surface area contributed by atoms with E-state index < -0.39 is 0 Å². The molecule has 0 radical (unpaired) electrons. The van der Waals surface area contributed by atoms with Crippen LogP contribution in [0.3, 0.4) is 0 Å². The molecule has 0 unspecified atom stereocenters. The maximum absolute atomic E-state index is 12.1. The molecule has 30 heavy (non-hydrogen) atoms. The summed E-state index contributed by atoms with van der Waals surface area (Å²) >= 11 is 0. The Morgan fingerprint density at radius 3 is 1.67 bits per heavy atom. The van der Waals surface area contributed by atoms with Gasteiger partial charge in [0, 0.05) is 61.8 Å². The molecule has 2 heterocycles. The zero-order valence-electron chi connectivity index (χ0n) is 16.0. The largest absolute Gasteiger partial charge is 0.326 e. The number of amides is 2. The summed E-state index contributed by atoms with van der Waals surface area (Å²) in [5.74, 6) is -0.546. The molecule has 0 spiro atoms. The van der Waals surface area contributed by atoms with Crippen LogP contribution in [0.5, 0.6) is 0 Å². The fourth-order valence-electron chi connectivity index (χ4n) is 2.66. The molecular formula is C20H20N6O4. The van der Waals surface area contributed by atoms with E-state index >= 15 is 0 Å². The highest BCUT2D eigenvalue weighted by molar-refractivity contribution is 5.94. The number of aromatic nitrogens is 4. The van der Waals surface area contributed by atoms with E-state index in [0.29, 0.717) is 11.4 Å². The molecule has 10 heteroatoms. The molecule has 3 aromatic rings. The fourth-order valence-corrected chi connectivity index (χ4v) is 2.66. The molecule has 0 aliphatic rings. The minimum atomic E-state index is -0.273. The van der Waals surface area contributed by atoms with Crippen LogP contribution in [-0.2, 0) is 22.7 Å². The maximum atomic E-state index is 12.1. The van der Waals surface area contributed by atoms with Crippen LogP contribution in [0.15, 0.2) is 71.0 Å². The van der Waals surface area contributed by atoms with E-state index in [4.69, 9.17) is 0 Å². The third kappa shape index (κ3) is 5.96. The molecule has 2 N–H and O–H groups in total. The minimum absolute atomic E-state index is 0.0993. The highest BCUT2D eigenvalue weighted by Gasteiger charge is 2.07. The fraction of sp³-hybridized carbons (Fsp3) is 0.200. The lowest BCUT2D eigenvalue weighted by Crippen LogP contribution is -2.23. The number of nitrogens with zero attached hydrogens (tertiary/aromatic N) is 4. The van der Waals surface area contributed by atoms with E-state index in [1.807, 2.05) is 0 Å². The van der Waals surface area contributed by atoms with Gasteiger partial charge in [-0.15, -0.1) is 0 Å². The predicted molar refractivity (Wildman–Crippen MR) is 110 cm³/mol. The number of anilines is 2. The molecule has 154 valence electrons. The number of nitrogens with one attached hydrogen (secondary N) is 2. The van der Waals surface area contributed by atoms with E-state index in [2.05, 4.69) is 20.6 Å². The van der Waals surface area contributed by atoms with Gasteiger partial charge in [-0.1, -0.05) is 6.07 Å². The second-order valence-electron chi connectivity index (χ2n) is 6.40. The number of carbonyl (C=O) groups is 2. The molecule has 2 aromatic heterocycles. The van der Waals surface area contributed by atoms with Gasteiger partial charge in [0.05, 0.1) is 12.7 Å². The lowest BCUT2D eigenvalue weighted by Gasteiger charge is -2.10. The van der Waals surface area contributed by atoms with E-state index in [9.17, 15) is 19.2 Å². The highest BCUT2D eigenvalue weighted by Crippen LogP contribution is 2.15. The van der Waals surface area contributed by atoms with Gasteiger partial charge in [0.1, 0.15) is 0 Å². The van der Waals surface area contributed by atoms with Gasteiger partial charge in [0.25, 0.3) is 11.1 Å². The van der Waals surface area contributed by atoms with Crippen LogP contribution < -0.4 is 21.8 Å². The predicted octanol–water partition coefficient (Wildman–Crippen LogP) is 0.858. The molecular weight excluding hydrogens is 388 g/mol. The van der Waals surface area contributed by atoms with Gasteiger partial charge in [-0.25, -0.2) is 9.97 Å². The Hall–Kier alpha value is -4.08. The number of aryl methyl sites for hydroxylation is 2. The SMILES string of the molecule is O=C(CCn1cnccc1=O)Nc1cccc(NC(=O)CCn2cnccc2=O)c1. The van der Waals surface area contributed by atoms with Crippen molar-refractivity contribution in [3.63, 3.8) is 0 Å². The Labute approximate surface area is 171 Å². The first-order valence-corrected chi connectivity index (χ1v) is 9.22. The molecule has 10 nitrogen and oxygen atoms in total. The number of hydrogen-bond acceptors (Lipinski definition) is 6. The maximum Gasteiger partial charge on any atom is 0.253 e. The van der Waals surface area contributed by atoms with E-state index in [0.717, 1.165) is 0 Å². The van der Waals surface area contributed by atoms with Crippen molar-refractivity contribution >= 4 is 23.2 Å². The van der Waals surface area contributed by atoms with Crippen LogP contribution in [0.25, 0.3) is 0 Å². The van der Waals surface area contributed by atoms with Crippen molar-refractivity contribution < 1.29 is 9.59 Å². The summed E-state index contributed by atoms with van der Waals surface area (Å²) in [5, 5.41) is 5.46. The molecule has 0 aliphatic heterocycles. The van der Waals surface area contributed by atoms with Gasteiger partial charge in [-0.3, -0.25) is 28.3 Å². The standard InChI is InChI=1S/C20H20N6O4/c27-17(6-10-25-13-21-8-4-19(25)29)23-15-2-1-3-16(12-15)24-18(28)7-11-26-14-22-9-5-20(26)30/h1-5,8-9,12-14H,6-7,10-11H2,(H,23,27)(H,24,28). The van der Waals surface area contributed by atoms with E-state index in [1.165, 1.54) is 46.3 Å². The van der Waals surface area contributed by atoms with Crippen molar-refractivity contribution in [2.45, 2.75) is 25.9 Å². The van der Waals surface area contributed by atoms with Crippen molar-refractivity contribution in [2.75, 3.05) is 10.6 Å². The summed E-state index contributed by atoms with van der Waals surface area (Å²) in [5.41, 5.74) is 0.576. The quantitative estimate of drug-likeness (QED) is 0.569. The van der Waals surface area contributed by atoms with Crippen LogP contribution in [0.2, 0.25) is 0 Å². The second-order valence-corrected chi connectivity index (χ2v) is 6.40. The van der Waals surface area contributed by atoms with Crippen molar-refractivity contribution in [2.24, 2.45) is 0 Å². The number of benzene rings is 1. The summed E-state index contributed by atoms with van der Waals surface area (Å²) in [6.07, 6.45) is 5.75. The van der Waals surface area contributed by atoms with Crippen LogP contribution in [-0.4, -0.2) is 30.9 Å². The van der Waals surface area contributed by atoms with Crippen LogP contribution in [0, 0.1) is 0 Å².